The number of fused-ring (bicyclic) bond motifs is 2. The Morgan fingerprint density at radius 3 is 2.63 bits per heavy atom. The molecule has 0 atom stereocenters. The molecule has 0 amide bonds. The zero-order chi connectivity index (χ0) is 24.2. The fourth-order valence-electron chi connectivity index (χ4n) is 5.09. The average Bonchev–Trinajstić information content (AvgIpc) is 3.56. The quantitative estimate of drug-likeness (QED) is 0.359. The molecular formula is C25H27BrF2N2O4S. The first-order valence-electron chi connectivity index (χ1n) is 11.5. The van der Waals surface area contributed by atoms with Crippen LogP contribution >= 0.6 is 28.3 Å². The summed E-state index contributed by atoms with van der Waals surface area (Å²) in [4.78, 5) is 26.7. The van der Waals surface area contributed by atoms with Crippen molar-refractivity contribution >= 4 is 45.2 Å². The first-order valence-corrected chi connectivity index (χ1v) is 12.4. The van der Waals surface area contributed by atoms with E-state index in [1.54, 1.807) is 28.0 Å². The van der Waals surface area contributed by atoms with Crippen molar-refractivity contribution in [3.05, 3.63) is 50.6 Å². The van der Waals surface area contributed by atoms with Gasteiger partial charge < -0.3 is 19.7 Å². The molecule has 10 heteroatoms. The molecular weight excluding hydrogens is 542 g/mol. The van der Waals surface area contributed by atoms with E-state index >= 15 is 0 Å². The molecule has 0 bridgehead atoms. The highest BCUT2D eigenvalue weighted by Crippen LogP contribution is 2.48. The molecule has 1 aromatic carbocycles. The van der Waals surface area contributed by atoms with Crippen LogP contribution in [0.15, 0.2) is 29.2 Å². The highest BCUT2D eigenvalue weighted by Gasteiger charge is 2.36. The number of benzene rings is 1. The summed E-state index contributed by atoms with van der Waals surface area (Å²) in [5.41, 5.74) is 0.795. The van der Waals surface area contributed by atoms with Gasteiger partial charge in [-0.1, -0.05) is 13.8 Å². The predicted molar refractivity (Wildman–Crippen MR) is 138 cm³/mol. The minimum Gasteiger partial charge on any atom is -0.477 e. The summed E-state index contributed by atoms with van der Waals surface area (Å²) >= 11 is 1.59. The van der Waals surface area contributed by atoms with Gasteiger partial charge in [0.25, 0.3) is 0 Å². The number of carbonyl (C=O) groups is 1. The fraction of sp³-hybridized carbons (Fsp3) is 0.440. The molecule has 0 saturated heterocycles. The lowest BCUT2D eigenvalue weighted by Crippen LogP contribution is -2.41. The molecule has 1 saturated carbocycles. The molecule has 35 heavy (non-hydrogen) atoms. The second-order valence-electron chi connectivity index (χ2n) is 9.09. The first kappa shape index (κ1) is 25.8. The Hall–Kier alpha value is -2.30. The number of aromatic carboxylic acids is 1. The number of halogens is 3. The summed E-state index contributed by atoms with van der Waals surface area (Å²) in [6.07, 6.45) is 4.75. The largest absolute Gasteiger partial charge is 0.477 e. The molecule has 1 fully saturated rings. The highest BCUT2D eigenvalue weighted by atomic mass is 79.9. The summed E-state index contributed by atoms with van der Waals surface area (Å²) in [7, 11) is 0. The third-order valence-electron chi connectivity index (χ3n) is 7.21. The Morgan fingerprint density at radius 1 is 1.31 bits per heavy atom. The molecule has 1 aliphatic carbocycles. The smallest absolute Gasteiger partial charge is 0.387 e. The molecule has 188 valence electrons. The number of alkyl halides is 2. The van der Waals surface area contributed by atoms with E-state index in [-0.39, 0.29) is 50.7 Å². The Balaban J connectivity index is 0.00000289. The van der Waals surface area contributed by atoms with Crippen LogP contribution in [0.5, 0.6) is 5.75 Å². The van der Waals surface area contributed by atoms with E-state index in [0.717, 1.165) is 42.7 Å². The van der Waals surface area contributed by atoms with Crippen molar-refractivity contribution < 1.29 is 23.4 Å². The van der Waals surface area contributed by atoms with Gasteiger partial charge in [-0.25, -0.2) is 4.79 Å². The van der Waals surface area contributed by atoms with Crippen molar-refractivity contribution in [1.29, 1.82) is 0 Å². The lowest BCUT2D eigenvalue weighted by Gasteiger charge is -2.36. The number of nitrogens with one attached hydrogen (secondary N) is 1. The molecule has 2 aromatic heterocycles. The van der Waals surface area contributed by atoms with Crippen LogP contribution in [-0.4, -0.2) is 28.8 Å². The van der Waals surface area contributed by atoms with E-state index in [9.17, 15) is 23.5 Å². The van der Waals surface area contributed by atoms with Gasteiger partial charge in [0.05, 0.1) is 10.9 Å². The summed E-state index contributed by atoms with van der Waals surface area (Å²) in [5.74, 6) is -1.41. The van der Waals surface area contributed by atoms with Crippen molar-refractivity contribution in [1.82, 2.24) is 9.88 Å². The Morgan fingerprint density at radius 2 is 2.03 bits per heavy atom. The van der Waals surface area contributed by atoms with Crippen LogP contribution in [-0.2, 0) is 12.0 Å². The summed E-state index contributed by atoms with van der Waals surface area (Å²) in [6, 6.07) is 5.12. The van der Waals surface area contributed by atoms with Crippen LogP contribution in [0.25, 0.3) is 21.3 Å². The third kappa shape index (κ3) is 4.29. The first-order chi connectivity index (χ1) is 16.3. The van der Waals surface area contributed by atoms with Crippen LogP contribution in [0, 0.1) is 0 Å². The van der Waals surface area contributed by atoms with E-state index in [0.29, 0.717) is 12.1 Å². The van der Waals surface area contributed by atoms with Gasteiger partial charge in [0.1, 0.15) is 5.56 Å². The number of thiophene rings is 1. The summed E-state index contributed by atoms with van der Waals surface area (Å²) < 4.78 is 34.0. The number of carboxylic acid groups (broad SMARTS) is 1. The highest BCUT2D eigenvalue weighted by molar-refractivity contribution is 8.93. The second kappa shape index (κ2) is 9.63. The van der Waals surface area contributed by atoms with Gasteiger partial charge in [0.15, 0.2) is 5.75 Å². The molecule has 6 nitrogen and oxygen atoms in total. The molecule has 5 rings (SSSR count). The zero-order valence-electron chi connectivity index (χ0n) is 19.4. The van der Waals surface area contributed by atoms with Crippen molar-refractivity contribution in [3.63, 3.8) is 0 Å². The molecule has 0 unspecified atom stereocenters. The minimum atomic E-state index is -3.09. The molecule has 0 radical (unpaired) electrons. The number of hydrogen-bond donors (Lipinski definition) is 2. The van der Waals surface area contributed by atoms with Crippen LogP contribution in [0.2, 0.25) is 0 Å². The Kier molecular flexibility index (Phi) is 7.09. The van der Waals surface area contributed by atoms with Crippen LogP contribution in [0.3, 0.4) is 0 Å². The lowest BCUT2D eigenvalue weighted by atomic mass is 9.77. The number of aromatic nitrogens is 1. The Bertz CT molecular complexity index is 1350. The van der Waals surface area contributed by atoms with E-state index in [1.165, 1.54) is 11.1 Å². The summed E-state index contributed by atoms with van der Waals surface area (Å²) in [6.45, 7) is 2.81. The van der Waals surface area contributed by atoms with Gasteiger partial charge in [0, 0.05) is 46.1 Å². The second-order valence-corrected chi connectivity index (χ2v) is 10.1. The molecule has 1 aliphatic heterocycles. The third-order valence-corrected chi connectivity index (χ3v) is 8.67. The standard InChI is InChI=1S/C25H26F2N2O4S.BrH/c1-3-25(4-2)12-28-10-13-9-18(34-22(13)25)15-7-8-16-19(21(15)33-24(26)27)29(14-5-6-14)11-17(20(16)30)23(31)32;/h7-9,11,14,24,28H,3-6,10,12H2,1-2H3,(H,31,32);1H. The van der Waals surface area contributed by atoms with Gasteiger partial charge >= 0.3 is 12.6 Å². The van der Waals surface area contributed by atoms with Crippen molar-refractivity contribution in [2.45, 2.75) is 64.1 Å². The lowest BCUT2D eigenvalue weighted by molar-refractivity contribution is -0.0486. The average molecular weight is 569 g/mol. The topological polar surface area (TPSA) is 80.6 Å². The number of nitrogens with zero attached hydrogens (tertiary/aromatic N) is 1. The molecule has 3 heterocycles. The number of ether oxygens (including phenoxy) is 1. The molecule has 0 spiro atoms. The minimum absolute atomic E-state index is 0. The van der Waals surface area contributed by atoms with Crippen molar-refractivity contribution in [2.24, 2.45) is 0 Å². The van der Waals surface area contributed by atoms with E-state index < -0.39 is 18.0 Å². The number of rotatable bonds is 7. The van der Waals surface area contributed by atoms with E-state index in [4.69, 9.17) is 4.74 Å². The number of pyridine rings is 1. The van der Waals surface area contributed by atoms with Gasteiger partial charge in [-0.05, 0) is 49.4 Å². The maximum Gasteiger partial charge on any atom is 0.387 e. The van der Waals surface area contributed by atoms with Crippen LogP contribution < -0.4 is 15.5 Å². The Labute approximate surface area is 215 Å². The maximum absolute atomic E-state index is 13.6. The van der Waals surface area contributed by atoms with Gasteiger partial charge in [-0.2, -0.15) is 8.78 Å². The van der Waals surface area contributed by atoms with Gasteiger partial charge in [-0.15, -0.1) is 28.3 Å². The normalized spacial score (nSPS) is 16.7. The maximum atomic E-state index is 13.6. The molecule has 2 aliphatic rings. The van der Waals surface area contributed by atoms with E-state index in [2.05, 4.69) is 19.2 Å². The van der Waals surface area contributed by atoms with Crippen molar-refractivity contribution in [3.8, 4) is 16.2 Å². The van der Waals surface area contributed by atoms with Crippen LogP contribution in [0.4, 0.5) is 8.78 Å². The molecule has 2 N–H and O–H groups in total. The zero-order valence-corrected chi connectivity index (χ0v) is 21.9. The van der Waals surface area contributed by atoms with Gasteiger partial charge in [-0.3, -0.25) is 4.79 Å². The number of carboxylic acids is 1. The predicted octanol–water partition coefficient (Wildman–Crippen LogP) is 6.10. The SMILES string of the molecule is Br.CCC1(CC)CNCc2cc(-c3ccc4c(=O)c(C(=O)O)cn(C5CC5)c4c3OC(F)F)sc21. The van der Waals surface area contributed by atoms with Crippen molar-refractivity contribution in [2.75, 3.05) is 6.54 Å². The van der Waals surface area contributed by atoms with Crippen LogP contribution in [0.1, 0.15) is 66.4 Å². The van der Waals surface area contributed by atoms with E-state index in [1.807, 2.05) is 6.07 Å². The fourth-order valence-corrected chi connectivity index (χ4v) is 6.62. The number of hydrogen-bond acceptors (Lipinski definition) is 5. The summed E-state index contributed by atoms with van der Waals surface area (Å²) in [5, 5.41) is 13.1. The molecule has 3 aromatic rings. The van der Waals surface area contributed by atoms with Gasteiger partial charge in [0.2, 0.25) is 5.43 Å². The monoisotopic (exact) mass is 568 g/mol.